The highest BCUT2D eigenvalue weighted by Gasteiger charge is 2.11. The van der Waals surface area contributed by atoms with Gasteiger partial charge in [0.25, 0.3) is 0 Å². The molecule has 1 heterocycles. The van der Waals surface area contributed by atoms with Crippen molar-refractivity contribution < 1.29 is 0 Å². The van der Waals surface area contributed by atoms with E-state index in [0.717, 1.165) is 16.6 Å². The van der Waals surface area contributed by atoms with Crippen molar-refractivity contribution in [3.05, 3.63) is 63.4 Å². The zero-order valence-electron chi connectivity index (χ0n) is 10.5. The molecule has 1 atom stereocenters. The van der Waals surface area contributed by atoms with Crippen molar-refractivity contribution in [2.24, 2.45) is 0 Å². The standard InChI is InChI=1S/C15H15Br2N/c1-10-3-5-13(18-9-10)8-15(17)14-6-4-12(16)7-11(14)2/h3-7,9,15H,8H2,1-2H3. The van der Waals surface area contributed by atoms with Crippen LogP contribution in [0.2, 0.25) is 0 Å². The van der Waals surface area contributed by atoms with Crippen LogP contribution in [0.5, 0.6) is 0 Å². The Morgan fingerprint density at radius 1 is 1.17 bits per heavy atom. The fourth-order valence-corrected chi connectivity index (χ4v) is 3.22. The van der Waals surface area contributed by atoms with Crippen LogP contribution in [0.25, 0.3) is 0 Å². The highest BCUT2D eigenvalue weighted by molar-refractivity contribution is 9.10. The van der Waals surface area contributed by atoms with Gasteiger partial charge >= 0.3 is 0 Å². The SMILES string of the molecule is Cc1ccc(CC(Br)c2ccc(Br)cc2C)nc1. The Labute approximate surface area is 125 Å². The van der Waals surface area contributed by atoms with Crippen LogP contribution in [-0.2, 0) is 6.42 Å². The number of hydrogen-bond donors (Lipinski definition) is 0. The van der Waals surface area contributed by atoms with Crippen LogP contribution in [0.4, 0.5) is 0 Å². The zero-order chi connectivity index (χ0) is 13.1. The third-order valence-corrected chi connectivity index (χ3v) is 4.24. The van der Waals surface area contributed by atoms with Crippen LogP contribution in [0, 0.1) is 13.8 Å². The quantitative estimate of drug-likeness (QED) is 0.683. The van der Waals surface area contributed by atoms with Crippen molar-refractivity contribution in [2.45, 2.75) is 25.1 Å². The molecule has 0 saturated heterocycles. The van der Waals surface area contributed by atoms with E-state index >= 15 is 0 Å². The van der Waals surface area contributed by atoms with Crippen LogP contribution in [0.1, 0.15) is 27.2 Å². The average Bonchev–Trinajstić information content (AvgIpc) is 2.32. The molecular formula is C15H15Br2N. The van der Waals surface area contributed by atoms with Crippen molar-refractivity contribution in [2.75, 3.05) is 0 Å². The van der Waals surface area contributed by atoms with E-state index in [2.05, 4.69) is 81.0 Å². The molecular weight excluding hydrogens is 354 g/mol. The zero-order valence-corrected chi connectivity index (χ0v) is 13.6. The number of aryl methyl sites for hydroxylation is 2. The Morgan fingerprint density at radius 2 is 1.94 bits per heavy atom. The molecule has 0 aliphatic carbocycles. The first kappa shape index (κ1) is 13.8. The fraction of sp³-hybridized carbons (Fsp3) is 0.267. The molecule has 0 aliphatic heterocycles. The van der Waals surface area contributed by atoms with Crippen molar-refractivity contribution in [1.82, 2.24) is 4.98 Å². The summed E-state index contributed by atoms with van der Waals surface area (Å²) >= 11 is 7.25. The molecule has 2 rings (SSSR count). The van der Waals surface area contributed by atoms with Crippen molar-refractivity contribution in [3.63, 3.8) is 0 Å². The number of nitrogens with zero attached hydrogens (tertiary/aromatic N) is 1. The van der Waals surface area contributed by atoms with Gasteiger partial charge in [0, 0.05) is 27.6 Å². The van der Waals surface area contributed by atoms with E-state index in [4.69, 9.17) is 0 Å². The predicted octanol–water partition coefficient (Wildman–Crippen LogP) is 5.14. The lowest BCUT2D eigenvalue weighted by atomic mass is 10.0. The topological polar surface area (TPSA) is 12.9 Å². The van der Waals surface area contributed by atoms with E-state index in [0.29, 0.717) is 4.83 Å². The van der Waals surface area contributed by atoms with E-state index in [1.165, 1.54) is 16.7 Å². The molecule has 0 N–H and O–H groups in total. The summed E-state index contributed by atoms with van der Waals surface area (Å²) in [5.74, 6) is 0. The van der Waals surface area contributed by atoms with Crippen LogP contribution in [-0.4, -0.2) is 4.98 Å². The van der Waals surface area contributed by atoms with Gasteiger partial charge in [-0.15, -0.1) is 0 Å². The van der Waals surface area contributed by atoms with Crippen LogP contribution in [0.3, 0.4) is 0 Å². The number of benzene rings is 1. The number of rotatable bonds is 3. The Morgan fingerprint density at radius 3 is 2.56 bits per heavy atom. The van der Waals surface area contributed by atoms with Gasteiger partial charge < -0.3 is 0 Å². The van der Waals surface area contributed by atoms with E-state index < -0.39 is 0 Å². The monoisotopic (exact) mass is 367 g/mol. The van der Waals surface area contributed by atoms with Gasteiger partial charge in [0.05, 0.1) is 0 Å². The summed E-state index contributed by atoms with van der Waals surface area (Å²) in [6.45, 7) is 4.19. The summed E-state index contributed by atoms with van der Waals surface area (Å²) in [5.41, 5.74) is 4.92. The summed E-state index contributed by atoms with van der Waals surface area (Å²) in [4.78, 5) is 4.76. The molecule has 0 spiro atoms. The van der Waals surface area contributed by atoms with Crippen molar-refractivity contribution in [3.8, 4) is 0 Å². The second-order valence-corrected chi connectivity index (χ2v) is 6.52. The summed E-state index contributed by atoms with van der Waals surface area (Å²) in [6.07, 6.45) is 2.83. The van der Waals surface area contributed by atoms with Gasteiger partial charge in [-0.1, -0.05) is 44.0 Å². The molecule has 1 unspecified atom stereocenters. The Kier molecular flexibility index (Phi) is 4.57. The predicted molar refractivity (Wildman–Crippen MR) is 83.2 cm³/mol. The minimum Gasteiger partial charge on any atom is -0.261 e. The van der Waals surface area contributed by atoms with Gasteiger partial charge in [0.15, 0.2) is 0 Å². The average molecular weight is 369 g/mol. The molecule has 1 aromatic heterocycles. The fourth-order valence-electron chi connectivity index (χ4n) is 1.90. The molecule has 94 valence electrons. The molecule has 0 aliphatic rings. The van der Waals surface area contributed by atoms with Gasteiger partial charge in [-0.25, -0.2) is 0 Å². The van der Waals surface area contributed by atoms with Gasteiger partial charge in [-0.05, 0) is 48.7 Å². The molecule has 0 amide bonds. The maximum absolute atomic E-state index is 4.45. The molecule has 0 radical (unpaired) electrons. The number of aromatic nitrogens is 1. The first-order valence-corrected chi connectivity index (χ1v) is 7.59. The summed E-state index contributed by atoms with van der Waals surface area (Å²) in [6, 6.07) is 10.6. The van der Waals surface area contributed by atoms with E-state index in [1.54, 1.807) is 0 Å². The number of halogens is 2. The number of hydrogen-bond acceptors (Lipinski definition) is 1. The first-order valence-electron chi connectivity index (χ1n) is 5.88. The minimum atomic E-state index is 0.306. The molecule has 1 nitrogen and oxygen atoms in total. The van der Waals surface area contributed by atoms with Gasteiger partial charge in [-0.3, -0.25) is 4.98 Å². The van der Waals surface area contributed by atoms with Gasteiger partial charge in [-0.2, -0.15) is 0 Å². The van der Waals surface area contributed by atoms with E-state index in [9.17, 15) is 0 Å². The Bertz CT molecular complexity index is 535. The van der Waals surface area contributed by atoms with E-state index in [-0.39, 0.29) is 0 Å². The van der Waals surface area contributed by atoms with Crippen molar-refractivity contribution in [1.29, 1.82) is 0 Å². The van der Waals surface area contributed by atoms with Crippen molar-refractivity contribution >= 4 is 31.9 Å². The number of alkyl halides is 1. The van der Waals surface area contributed by atoms with E-state index in [1.807, 2.05) is 6.20 Å². The maximum Gasteiger partial charge on any atom is 0.0453 e. The highest BCUT2D eigenvalue weighted by atomic mass is 79.9. The third-order valence-electron chi connectivity index (χ3n) is 2.93. The lowest BCUT2D eigenvalue weighted by Crippen LogP contribution is -2.00. The molecule has 2 aromatic rings. The molecule has 18 heavy (non-hydrogen) atoms. The summed E-state index contributed by atoms with van der Waals surface area (Å²) in [7, 11) is 0. The minimum absolute atomic E-state index is 0.306. The second kappa shape index (κ2) is 5.98. The van der Waals surface area contributed by atoms with Crippen LogP contribution >= 0.6 is 31.9 Å². The molecule has 0 bridgehead atoms. The lowest BCUT2D eigenvalue weighted by molar-refractivity contribution is 0.894. The maximum atomic E-state index is 4.45. The van der Waals surface area contributed by atoms with Gasteiger partial charge in [0.1, 0.15) is 0 Å². The normalized spacial score (nSPS) is 12.4. The largest absolute Gasteiger partial charge is 0.261 e. The molecule has 1 aromatic carbocycles. The number of pyridine rings is 1. The second-order valence-electron chi connectivity index (χ2n) is 4.50. The lowest BCUT2D eigenvalue weighted by Gasteiger charge is -2.13. The Balaban J connectivity index is 2.16. The van der Waals surface area contributed by atoms with Crippen LogP contribution < -0.4 is 0 Å². The first-order chi connectivity index (χ1) is 8.56. The molecule has 0 fully saturated rings. The summed E-state index contributed by atoms with van der Waals surface area (Å²) < 4.78 is 1.12. The van der Waals surface area contributed by atoms with Gasteiger partial charge in [0.2, 0.25) is 0 Å². The molecule has 0 saturated carbocycles. The Hall–Kier alpha value is -0.670. The highest BCUT2D eigenvalue weighted by Crippen LogP contribution is 2.30. The third kappa shape index (κ3) is 3.42. The summed E-state index contributed by atoms with van der Waals surface area (Å²) in [5, 5.41) is 0. The molecule has 3 heteroatoms. The smallest absolute Gasteiger partial charge is 0.0453 e. The van der Waals surface area contributed by atoms with Crippen LogP contribution in [0.15, 0.2) is 41.0 Å².